The highest BCUT2D eigenvalue weighted by atomic mass is 16.5. The summed E-state index contributed by atoms with van der Waals surface area (Å²) in [4.78, 5) is 27.7. The number of urea groups is 1. The maximum absolute atomic E-state index is 13.3. The van der Waals surface area contributed by atoms with Crippen LogP contribution < -0.4 is 15.4 Å². The summed E-state index contributed by atoms with van der Waals surface area (Å²) in [7, 11) is 0. The van der Waals surface area contributed by atoms with E-state index >= 15 is 0 Å². The lowest BCUT2D eigenvalue weighted by molar-refractivity contribution is -0.131. The summed E-state index contributed by atoms with van der Waals surface area (Å²) >= 11 is 0. The fourth-order valence-electron chi connectivity index (χ4n) is 4.12. The van der Waals surface area contributed by atoms with Gasteiger partial charge in [-0.05, 0) is 72.1 Å². The summed E-state index contributed by atoms with van der Waals surface area (Å²) in [6, 6.07) is 5.39. The molecule has 0 aromatic heterocycles. The first kappa shape index (κ1) is 22.9. The second-order valence-electron chi connectivity index (χ2n) is 9.89. The van der Waals surface area contributed by atoms with Crippen molar-refractivity contribution in [2.75, 3.05) is 6.54 Å². The van der Waals surface area contributed by atoms with Crippen LogP contribution in [0.2, 0.25) is 0 Å². The van der Waals surface area contributed by atoms with Crippen LogP contribution in [0.15, 0.2) is 18.2 Å². The number of nitrogens with one attached hydrogen (secondary N) is 2. The standard InChI is InChI=1S/C23H32N4O4/c1-22(2,3)26-21(30)27-11-7-6-8-16(27)20(29)25-18-15-12-14(13-24)9-10-17(15)31-23(4,5)19(18)28/h9-10,12,16,18-19,28H,6-8,11H2,1-5H3,(H,25,29)(H,26,30)/t16?,18-,19+/m1/s1. The minimum atomic E-state index is -1.03. The van der Waals surface area contributed by atoms with Crippen LogP contribution in [-0.2, 0) is 4.79 Å². The number of amides is 3. The second-order valence-corrected chi connectivity index (χ2v) is 9.89. The Kier molecular flexibility index (Phi) is 6.19. The van der Waals surface area contributed by atoms with Crippen molar-refractivity contribution >= 4 is 11.9 Å². The van der Waals surface area contributed by atoms with E-state index in [1.807, 2.05) is 20.8 Å². The lowest BCUT2D eigenvalue weighted by Gasteiger charge is -2.43. The quantitative estimate of drug-likeness (QED) is 0.670. The van der Waals surface area contributed by atoms with Gasteiger partial charge in [0, 0.05) is 17.6 Å². The molecule has 2 heterocycles. The van der Waals surface area contributed by atoms with Crippen molar-refractivity contribution in [1.29, 1.82) is 5.26 Å². The molecule has 1 aromatic rings. The SMILES string of the molecule is CC(C)(C)NC(=O)N1CCCCC1C(=O)N[C@@H]1c2cc(C#N)ccc2OC(C)(C)[C@H]1O. The smallest absolute Gasteiger partial charge is 0.318 e. The average molecular weight is 429 g/mol. The molecule has 0 saturated carbocycles. The third-order valence-corrected chi connectivity index (χ3v) is 5.72. The van der Waals surface area contributed by atoms with Crippen molar-refractivity contribution < 1.29 is 19.4 Å². The molecule has 31 heavy (non-hydrogen) atoms. The fraction of sp³-hybridized carbons (Fsp3) is 0.609. The van der Waals surface area contributed by atoms with E-state index in [-0.39, 0.29) is 11.9 Å². The lowest BCUT2D eigenvalue weighted by Crippen LogP contribution is -2.60. The Balaban J connectivity index is 1.87. The maximum Gasteiger partial charge on any atom is 0.318 e. The number of aliphatic hydroxyl groups is 1. The van der Waals surface area contributed by atoms with E-state index in [9.17, 15) is 20.0 Å². The summed E-state index contributed by atoms with van der Waals surface area (Å²) in [6.07, 6.45) is 1.20. The zero-order valence-corrected chi connectivity index (χ0v) is 18.9. The molecule has 1 aromatic carbocycles. The fourth-order valence-corrected chi connectivity index (χ4v) is 4.12. The molecular weight excluding hydrogens is 396 g/mol. The number of carbonyl (C=O) groups is 2. The Morgan fingerprint density at radius 1 is 1.29 bits per heavy atom. The van der Waals surface area contributed by atoms with Crippen molar-refractivity contribution in [2.24, 2.45) is 0 Å². The summed E-state index contributed by atoms with van der Waals surface area (Å²) < 4.78 is 5.92. The number of hydrogen-bond donors (Lipinski definition) is 3. The van der Waals surface area contributed by atoms with Gasteiger partial charge in [-0.1, -0.05) is 0 Å². The van der Waals surface area contributed by atoms with Crippen LogP contribution in [0.25, 0.3) is 0 Å². The summed E-state index contributed by atoms with van der Waals surface area (Å²) in [5.74, 6) is 0.199. The minimum Gasteiger partial charge on any atom is -0.485 e. The van der Waals surface area contributed by atoms with Crippen LogP contribution in [0.1, 0.15) is 71.0 Å². The third kappa shape index (κ3) is 4.93. The lowest BCUT2D eigenvalue weighted by atomic mass is 9.85. The number of ether oxygens (including phenoxy) is 1. The van der Waals surface area contributed by atoms with E-state index in [1.54, 1.807) is 36.9 Å². The number of benzene rings is 1. The number of hydrogen-bond acceptors (Lipinski definition) is 5. The molecule has 8 nitrogen and oxygen atoms in total. The highest BCUT2D eigenvalue weighted by Crippen LogP contribution is 2.40. The van der Waals surface area contributed by atoms with Gasteiger partial charge in [-0.2, -0.15) is 5.26 Å². The summed E-state index contributed by atoms with van der Waals surface area (Å²) in [5.41, 5.74) is -0.379. The van der Waals surface area contributed by atoms with E-state index < -0.39 is 29.3 Å². The molecule has 1 unspecified atom stereocenters. The van der Waals surface area contributed by atoms with E-state index in [0.717, 1.165) is 12.8 Å². The van der Waals surface area contributed by atoms with E-state index in [0.29, 0.717) is 29.8 Å². The van der Waals surface area contributed by atoms with Gasteiger partial charge in [0.2, 0.25) is 5.91 Å². The van der Waals surface area contributed by atoms with Gasteiger partial charge in [0.05, 0.1) is 17.7 Å². The van der Waals surface area contributed by atoms with Crippen molar-refractivity contribution in [3.05, 3.63) is 29.3 Å². The first-order chi connectivity index (χ1) is 14.4. The van der Waals surface area contributed by atoms with Gasteiger partial charge in [0.25, 0.3) is 0 Å². The second kappa shape index (κ2) is 8.39. The van der Waals surface area contributed by atoms with Crippen molar-refractivity contribution in [1.82, 2.24) is 15.5 Å². The molecule has 168 valence electrons. The normalized spacial score (nSPS) is 24.9. The predicted molar refractivity (Wildman–Crippen MR) is 115 cm³/mol. The predicted octanol–water partition coefficient (Wildman–Crippen LogP) is 2.61. The van der Waals surface area contributed by atoms with E-state index in [2.05, 4.69) is 16.7 Å². The Labute approximate surface area is 183 Å². The molecule has 2 aliphatic heterocycles. The average Bonchev–Trinajstić information content (AvgIpc) is 2.69. The van der Waals surface area contributed by atoms with Gasteiger partial charge < -0.3 is 25.4 Å². The van der Waals surface area contributed by atoms with E-state index in [4.69, 9.17) is 4.74 Å². The van der Waals surface area contributed by atoms with Gasteiger partial charge in [-0.3, -0.25) is 4.79 Å². The number of aliphatic hydroxyl groups excluding tert-OH is 1. The van der Waals surface area contributed by atoms with Crippen LogP contribution in [0.5, 0.6) is 5.75 Å². The first-order valence-electron chi connectivity index (χ1n) is 10.7. The topological polar surface area (TPSA) is 115 Å². The van der Waals surface area contributed by atoms with E-state index in [1.165, 1.54) is 0 Å². The first-order valence-corrected chi connectivity index (χ1v) is 10.7. The molecule has 3 rings (SSSR count). The zero-order chi connectivity index (χ0) is 23.0. The van der Waals surface area contributed by atoms with Gasteiger partial charge in [0.1, 0.15) is 23.5 Å². The molecule has 3 atom stereocenters. The van der Waals surface area contributed by atoms with Crippen LogP contribution in [-0.4, -0.2) is 51.8 Å². The highest BCUT2D eigenvalue weighted by molar-refractivity contribution is 5.88. The van der Waals surface area contributed by atoms with Crippen LogP contribution in [0.4, 0.5) is 4.79 Å². The van der Waals surface area contributed by atoms with Crippen molar-refractivity contribution in [3.63, 3.8) is 0 Å². The number of likely N-dealkylation sites (tertiary alicyclic amines) is 1. The van der Waals surface area contributed by atoms with Gasteiger partial charge in [-0.15, -0.1) is 0 Å². The molecule has 3 N–H and O–H groups in total. The van der Waals surface area contributed by atoms with Gasteiger partial charge in [-0.25, -0.2) is 4.79 Å². The number of carbonyl (C=O) groups excluding carboxylic acids is 2. The molecule has 3 amide bonds. The largest absolute Gasteiger partial charge is 0.485 e. The maximum atomic E-state index is 13.3. The monoisotopic (exact) mass is 428 g/mol. The number of rotatable bonds is 2. The molecule has 1 saturated heterocycles. The van der Waals surface area contributed by atoms with Crippen molar-refractivity contribution in [2.45, 2.75) is 83.2 Å². The molecule has 2 aliphatic rings. The Morgan fingerprint density at radius 2 is 2.00 bits per heavy atom. The van der Waals surface area contributed by atoms with Crippen LogP contribution in [0.3, 0.4) is 0 Å². The number of piperidine rings is 1. The van der Waals surface area contributed by atoms with Gasteiger partial charge in [0.15, 0.2) is 0 Å². The number of nitrogens with zero attached hydrogens (tertiary/aromatic N) is 2. The molecule has 0 spiro atoms. The zero-order valence-electron chi connectivity index (χ0n) is 18.9. The Morgan fingerprint density at radius 3 is 2.65 bits per heavy atom. The molecule has 0 radical (unpaired) electrons. The molecule has 0 aliphatic carbocycles. The van der Waals surface area contributed by atoms with Gasteiger partial charge >= 0.3 is 6.03 Å². The van der Waals surface area contributed by atoms with Crippen molar-refractivity contribution in [3.8, 4) is 11.8 Å². The Bertz CT molecular complexity index is 900. The number of nitriles is 1. The molecule has 8 heteroatoms. The third-order valence-electron chi connectivity index (χ3n) is 5.72. The van der Waals surface area contributed by atoms with Crippen LogP contribution in [0, 0.1) is 11.3 Å². The summed E-state index contributed by atoms with van der Waals surface area (Å²) in [6.45, 7) is 9.69. The van der Waals surface area contributed by atoms with Crippen LogP contribution >= 0.6 is 0 Å². The highest BCUT2D eigenvalue weighted by Gasteiger charge is 2.45. The molecular formula is C23H32N4O4. The Hall–Kier alpha value is -2.79. The number of fused-ring (bicyclic) bond motifs is 1. The minimum absolute atomic E-state index is 0.271. The molecule has 1 fully saturated rings. The molecule has 0 bridgehead atoms. The summed E-state index contributed by atoms with van der Waals surface area (Å²) in [5, 5.41) is 26.1.